The van der Waals surface area contributed by atoms with Gasteiger partial charge in [-0.1, -0.05) is 0 Å². The molecule has 0 heterocycles. The lowest BCUT2D eigenvalue weighted by molar-refractivity contribution is -0.384. The number of nitro benzene ring substituents is 1. The van der Waals surface area contributed by atoms with E-state index < -0.39 is 41.0 Å². The van der Waals surface area contributed by atoms with E-state index in [1.54, 1.807) is 0 Å². The third-order valence-electron chi connectivity index (χ3n) is 3.72. The van der Waals surface area contributed by atoms with E-state index in [-0.39, 0.29) is 11.5 Å². The third-order valence-corrected chi connectivity index (χ3v) is 3.72. The van der Waals surface area contributed by atoms with Crippen LogP contribution in [0.15, 0.2) is 18.2 Å². The van der Waals surface area contributed by atoms with Gasteiger partial charge < -0.3 is 10.1 Å². The maximum Gasteiger partial charge on any atom is 0.416 e. The van der Waals surface area contributed by atoms with Crippen molar-refractivity contribution in [2.24, 2.45) is 0 Å². The lowest BCUT2D eigenvalue weighted by atomic mass is 9.96. The maximum absolute atomic E-state index is 12.6. The van der Waals surface area contributed by atoms with Crippen LogP contribution in [-0.4, -0.2) is 29.3 Å². The molecule has 0 amide bonds. The molecule has 1 aliphatic rings. The van der Waals surface area contributed by atoms with Crippen molar-refractivity contribution in [1.29, 1.82) is 0 Å². The standard InChI is InChI=1S/C15H15F3N2O5/c16-15(17,18)9-5-6-10(11(7-9)20(23)24)19-8-14(22)25-13-4-2-1-3-12(13)21/h5-7,13,19H,1-4,8H2/t13-/m0/s1. The van der Waals surface area contributed by atoms with E-state index in [2.05, 4.69) is 5.32 Å². The largest absolute Gasteiger partial charge is 0.453 e. The first-order valence-corrected chi connectivity index (χ1v) is 7.50. The quantitative estimate of drug-likeness (QED) is 0.492. The smallest absolute Gasteiger partial charge is 0.416 e. The van der Waals surface area contributed by atoms with Gasteiger partial charge in [0.15, 0.2) is 11.9 Å². The lowest BCUT2D eigenvalue weighted by Gasteiger charge is -2.20. The number of benzene rings is 1. The van der Waals surface area contributed by atoms with Crippen LogP contribution in [0, 0.1) is 10.1 Å². The zero-order valence-corrected chi connectivity index (χ0v) is 13.0. The minimum atomic E-state index is -4.72. The van der Waals surface area contributed by atoms with Crippen molar-refractivity contribution in [3.05, 3.63) is 33.9 Å². The Balaban J connectivity index is 2.03. The average molecular weight is 360 g/mol. The summed E-state index contributed by atoms with van der Waals surface area (Å²) in [5.74, 6) is -0.991. The van der Waals surface area contributed by atoms with Gasteiger partial charge in [-0.2, -0.15) is 13.2 Å². The highest BCUT2D eigenvalue weighted by Crippen LogP contribution is 2.34. The third kappa shape index (κ3) is 4.91. The minimum Gasteiger partial charge on any atom is -0.453 e. The van der Waals surface area contributed by atoms with Crippen molar-refractivity contribution in [3.63, 3.8) is 0 Å². The first-order valence-electron chi connectivity index (χ1n) is 7.50. The number of carbonyl (C=O) groups is 2. The number of carbonyl (C=O) groups excluding carboxylic acids is 2. The number of hydrogen-bond donors (Lipinski definition) is 1. The molecule has 1 atom stereocenters. The van der Waals surface area contributed by atoms with E-state index in [9.17, 15) is 32.9 Å². The molecule has 1 N–H and O–H groups in total. The molecule has 136 valence electrons. The molecule has 7 nitrogen and oxygen atoms in total. The van der Waals surface area contributed by atoms with Gasteiger partial charge in [-0.15, -0.1) is 0 Å². The van der Waals surface area contributed by atoms with Crippen molar-refractivity contribution in [3.8, 4) is 0 Å². The van der Waals surface area contributed by atoms with Crippen LogP contribution in [0.4, 0.5) is 24.5 Å². The average Bonchev–Trinajstić information content (AvgIpc) is 2.54. The molecular formula is C15H15F3N2O5. The van der Waals surface area contributed by atoms with Gasteiger partial charge in [0.25, 0.3) is 5.69 Å². The molecule has 0 unspecified atom stereocenters. The molecule has 2 rings (SSSR count). The Morgan fingerprint density at radius 2 is 2.08 bits per heavy atom. The molecule has 0 spiro atoms. The van der Waals surface area contributed by atoms with E-state index >= 15 is 0 Å². The van der Waals surface area contributed by atoms with E-state index in [1.165, 1.54) is 0 Å². The van der Waals surface area contributed by atoms with Gasteiger partial charge in [0.05, 0.1) is 10.5 Å². The number of esters is 1. The first kappa shape index (κ1) is 18.7. The number of ketones is 1. The van der Waals surface area contributed by atoms with Gasteiger partial charge in [-0.05, 0) is 31.4 Å². The topological polar surface area (TPSA) is 98.5 Å². The Hall–Kier alpha value is -2.65. The second-order valence-corrected chi connectivity index (χ2v) is 5.53. The van der Waals surface area contributed by atoms with Gasteiger partial charge in [-0.25, -0.2) is 0 Å². The number of halogens is 3. The molecule has 1 aliphatic carbocycles. The Kier molecular flexibility index (Phi) is 5.60. The predicted octanol–water partition coefficient (Wildman–Crippen LogP) is 3.08. The Morgan fingerprint density at radius 1 is 1.36 bits per heavy atom. The number of ether oxygens (including phenoxy) is 1. The second-order valence-electron chi connectivity index (χ2n) is 5.53. The number of Topliss-reactive ketones (excluding diaryl/α,β-unsaturated/α-hetero) is 1. The molecule has 1 aromatic carbocycles. The summed E-state index contributed by atoms with van der Waals surface area (Å²) in [7, 11) is 0. The maximum atomic E-state index is 12.6. The predicted molar refractivity (Wildman–Crippen MR) is 79.9 cm³/mol. The van der Waals surface area contributed by atoms with Gasteiger partial charge >= 0.3 is 12.1 Å². The summed E-state index contributed by atoms with van der Waals surface area (Å²) in [4.78, 5) is 33.3. The zero-order valence-electron chi connectivity index (χ0n) is 13.0. The normalized spacial score (nSPS) is 17.9. The van der Waals surface area contributed by atoms with Crippen molar-refractivity contribution in [1.82, 2.24) is 0 Å². The molecule has 0 radical (unpaired) electrons. The van der Waals surface area contributed by atoms with E-state index in [0.717, 1.165) is 18.9 Å². The summed E-state index contributed by atoms with van der Waals surface area (Å²) in [6, 6.07) is 1.93. The van der Waals surface area contributed by atoms with Crippen LogP contribution in [-0.2, 0) is 20.5 Å². The molecule has 1 fully saturated rings. The van der Waals surface area contributed by atoms with Crippen molar-refractivity contribution < 1.29 is 32.4 Å². The molecule has 1 aromatic rings. The molecule has 0 aromatic heterocycles. The number of nitro groups is 1. The number of rotatable bonds is 5. The molecule has 0 saturated heterocycles. The first-order chi connectivity index (χ1) is 11.7. The number of alkyl halides is 3. The molecule has 0 bridgehead atoms. The highest BCUT2D eigenvalue weighted by molar-refractivity contribution is 5.87. The van der Waals surface area contributed by atoms with E-state index in [1.807, 2.05) is 0 Å². The summed E-state index contributed by atoms with van der Waals surface area (Å²) < 4.78 is 42.9. The second kappa shape index (κ2) is 7.49. The fourth-order valence-corrected chi connectivity index (χ4v) is 2.45. The molecule has 10 heteroatoms. The Bertz CT molecular complexity index is 690. The number of anilines is 1. The summed E-state index contributed by atoms with van der Waals surface area (Å²) in [5, 5.41) is 13.3. The molecular weight excluding hydrogens is 345 g/mol. The lowest BCUT2D eigenvalue weighted by Crippen LogP contribution is -2.32. The number of nitrogens with zero attached hydrogens (tertiary/aromatic N) is 1. The van der Waals surface area contributed by atoms with Crippen molar-refractivity contribution in [2.45, 2.75) is 38.0 Å². The summed E-state index contributed by atoms with van der Waals surface area (Å²) in [6.45, 7) is -0.504. The molecule has 0 aliphatic heterocycles. The van der Waals surface area contributed by atoms with Crippen LogP contribution in [0.1, 0.15) is 31.2 Å². The van der Waals surface area contributed by atoms with Crippen LogP contribution < -0.4 is 5.32 Å². The Labute approximate surface area is 140 Å². The minimum absolute atomic E-state index is 0.180. The van der Waals surface area contributed by atoms with Crippen LogP contribution in [0.25, 0.3) is 0 Å². The summed E-state index contributed by atoms with van der Waals surface area (Å²) in [6.07, 6.45) is -3.31. The van der Waals surface area contributed by atoms with Gasteiger partial charge in [-0.3, -0.25) is 19.7 Å². The van der Waals surface area contributed by atoms with Crippen molar-refractivity contribution >= 4 is 23.1 Å². The molecule has 1 saturated carbocycles. The SMILES string of the molecule is O=C(CNc1ccc(C(F)(F)F)cc1[N+](=O)[O-])O[C@H]1CCCCC1=O. The Morgan fingerprint density at radius 3 is 2.68 bits per heavy atom. The fraction of sp³-hybridized carbons (Fsp3) is 0.467. The van der Waals surface area contributed by atoms with Crippen LogP contribution in [0.5, 0.6) is 0 Å². The van der Waals surface area contributed by atoms with E-state index in [4.69, 9.17) is 4.74 Å². The van der Waals surface area contributed by atoms with Gasteiger partial charge in [0.2, 0.25) is 0 Å². The summed E-state index contributed by atoms with van der Waals surface area (Å²) >= 11 is 0. The number of hydrogen-bond acceptors (Lipinski definition) is 6. The highest BCUT2D eigenvalue weighted by atomic mass is 19.4. The zero-order chi connectivity index (χ0) is 18.6. The van der Waals surface area contributed by atoms with Gasteiger partial charge in [0.1, 0.15) is 12.2 Å². The van der Waals surface area contributed by atoms with E-state index in [0.29, 0.717) is 25.0 Å². The van der Waals surface area contributed by atoms with Crippen LogP contribution >= 0.6 is 0 Å². The monoisotopic (exact) mass is 360 g/mol. The fourth-order valence-electron chi connectivity index (χ4n) is 2.45. The van der Waals surface area contributed by atoms with Gasteiger partial charge in [0, 0.05) is 12.5 Å². The van der Waals surface area contributed by atoms with Crippen LogP contribution in [0.2, 0.25) is 0 Å². The van der Waals surface area contributed by atoms with Crippen LogP contribution in [0.3, 0.4) is 0 Å². The van der Waals surface area contributed by atoms with Crippen molar-refractivity contribution in [2.75, 3.05) is 11.9 Å². The highest BCUT2D eigenvalue weighted by Gasteiger charge is 2.33. The summed E-state index contributed by atoms with van der Waals surface area (Å²) in [5.41, 5.74) is -2.22. The number of nitrogens with one attached hydrogen (secondary N) is 1. The molecule has 25 heavy (non-hydrogen) atoms.